The van der Waals surface area contributed by atoms with Crippen molar-refractivity contribution in [1.29, 1.82) is 0 Å². The highest BCUT2D eigenvalue weighted by Crippen LogP contribution is 2.44. The first-order chi connectivity index (χ1) is 15.4. The van der Waals surface area contributed by atoms with Crippen LogP contribution in [0.3, 0.4) is 0 Å². The summed E-state index contributed by atoms with van der Waals surface area (Å²) in [6.07, 6.45) is 4.35. The molecule has 2 bridgehead atoms. The molecule has 170 valence electrons. The quantitative estimate of drug-likeness (QED) is 0.716. The van der Waals surface area contributed by atoms with Gasteiger partial charge in [0.1, 0.15) is 25.6 Å². The summed E-state index contributed by atoms with van der Waals surface area (Å²) in [6, 6.07) is 9.63. The lowest BCUT2D eigenvalue weighted by molar-refractivity contribution is -0.120. The van der Waals surface area contributed by atoms with Gasteiger partial charge in [0.15, 0.2) is 11.5 Å². The number of ether oxygens (including phenoxy) is 2. The fraction of sp³-hybridized carbons (Fsp3) is 0.435. The molecule has 1 heterocycles. The zero-order chi connectivity index (χ0) is 22.3. The van der Waals surface area contributed by atoms with Crippen LogP contribution in [0, 0.1) is 17.7 Å². The van der Waals surface area contributed by atoms with Crippen molar-refractivity contribution < 1.29 is 27.1 Å². The van der Waals surface area contributed by atoms with Crippen molar-refractivity contribution in [3.8, 4) is 11.5 Å². The number of halogens is 1. The second-order valence-corrected chi connectivity index (χ2v) is 10.5. The smallest absolute Gasteiger partial charge is 0.264 e. The summed E-state index contributed by atoms with van der Waals surface area (Å²) >= 11 is 0. The first-order valence-electron chi connectivity index (χ1n) is 10.9. The number of fused-ring (bicyclic) bond motifs is 3. The molecule has 0 spiro atoms. The third-order valence-electron chi connectivity index (χ3n) is 6.57. The maximum atomic E-state index is 14.0. The van der Waals surface area contributed by atoms with E-state index in [-0.39, 0.29) is 16.6 Å². The van der Waals surface area contributed by atoms with Gasteiger partial charge < -0.3 is 14.8 Å². The van der Waals surface area contributed by atoms with E-state index in [1.54, 1.807) is 0 Å². The fourth-order valence-corrected chi connectivity index (χ4v) is 6.49. The summed E-state index contributed by atoms with van der Waals surface area (Å²) in [7, 11) is -4.17. The summed E-state index contributed by atoms with van der Waals surface area (Å²) in [4.78, 5) is 12.8. The number of rotatable bonds is 6. The Balaban J connectivity index is 1.43. The van der Waals surface area contributed by atoms with Crippen LogP contribution < -0.4 is 19.1 Å². The zero-order valence-corrected chi connectivity index (χ0v) is 18.3. The number of nitrogens with one attached hydrogen (secondary N) is 1. The number of hydrogen-bond acceptors (Lipinski definition) is 5. The summed E-state index contributed by atoms with van der Waals surface area (Å²) in [5, 5.41) is 3.02. The second-order valence-electron chi connectivity index (χ2n) is 8.65. The molecule has 0 saturated heterocycles. The molecule has 0 radical (unpaired) electrons. The SMILES string of the molecule is O=C(CN(c1cccc(F)c1)S(=O)(=O)c1ccc2c(c1)OCCO2)NC1CC2CCC1C2. The van der Waals surface area contributed by atoms with E-state index in [9.17, 15) is 17.6 Å². The highest BCUT2D eigenvalue weighted by Gasteiger charge is 2.40. The molecule has 7 nitrogen and oxygen atoms in total. The summed E-state index contributed by atoms with van der Waals surface area (Å²) in [5.74, 6) is 0.905. The van der Waals surface area contributed by atoms with E-state index < -0.39 is 28.3 Å². The number of anilines is 1. The molecule has 2 aromatic carbocycles. The summed E-state index contributed by atoms with van der Waals surface area (Å²) < 4.78 is 53.0. The molecule has 2 aliphatic carbocycles. The molecule has 2 aromatic rings. The van der Waals surface area contributed by atoms with Crippen molar-refractivity contribution in [1.82, 2.24) is 5.32 Å². The van der Waals surface area contributed by atoms with Gasteiger partial charge in [-0.15, -0.1) is 0 Å². The van der Waals surface area contributed by atoms with Gasteiger partial charge in [-0.05, 0) is 61.4 Å². The number of hydrogen-bond donors (Lipinski definition) is 1. The second kappa shape index (κ2) is 8.27. The van der Waals surface area contributed by atoms with Crippen LogP contribution in [0.1, 0.15) is 25.7 Å². The molecule has 9 heteroatoms. The molecule has 32 heavy (non-hydrogen) atoms. The van der Waals surface area contributed by atoms with E-state index in [0.717, 1.165) is 29.6 Å². The minimum absolute atomic E-state index is 0.0567. The number of carbonyl (C=O) groups excluding carboxylic acids is 1. The molecule has 0 aromatic heterocycles. The Bertz CT molecular complexity index is 1140. The van der Waals surface area contributed by atoms with Crippen LogP contribution in [0.25, 0.3) is 0 Å². The first-order valence-corrected chi connectivity index (χ1v) is 12.3. The number of carbonyl (C=O) groups is 1. The first kappa shape index (κ1) is 21.1. The lowest BCUT2D eigenvalue weighted by Gasteiger charge is -2.27. The molecule has 2 saturated carbocycles. The van der Waals surface area contributed by atoms with Gasteiger partial charge in [0.05, 0.1) is 10.6 Å². The predicted octanol–water partition coefficient (Wildman–Crippen LogP) is 3.10. The number of sulfonamides is 1. The maximum Gasteiger partial charge on any atom is 0.264 e. The molecule has 1 aliphatic heterocycles. The minimum Gasteiger partial charge on any atom is -0.486 e. The van der Waals surface area contributed by atoms with E-state index in [4.69, 9.17) is 9.47 Å². The molecule has 3 aliphatic rings. The summed E-state index contributed by atoms with van der Waals surface area (Å²) in [6.45, 7) is 0.266. The molecule has 3 atom stereocenters. The normalized spacial score (nSPS) is 23.7. The van der Waals surface area contributed by atoms with Crippen LogP contribution in [-0.4, -0.2) is 40.1 Å². The van der Waals surface area contributed by atoms with Crippen molar-refractivity contribution in [2.45, 2.75) is 36.6 Å². The van der Waals surface area contributed by atoms with E-state index in [1.165, 1.54) is 42.8 Å². The highest BCUT2D eigenvalue weighted by molar-refractivity contribution is 7.92. The van der Waals surface area contributed by atoms with Crippen LogP contribution in [0.5, 0.6) is 11.5 Å². The average molecular weight is 461 g/mol. The third kappa shape index (κ3) is 4.01. The van der Waals surface area contributed by atoms with Gasteiger partial charge in [-0.25, -0.2) is 12.8 Å². The van der Waals surface area contributed by atoms with Gasteiger partial charge in [0.25, 0.3) is 10.0 Å². The Morgan fingerprint density at radius 2 is 1.88 bits per heavy atom. The van der Waals surface area contributed by atoms with E-state index in [0.29, 0.717) is 36.5 Å². The van der Waals surface area contributed by atoms with Gasteiger partial charge in [-0.1, -0.05) is 12.5 Å². The van der Waals surface area contributed by atoms with Crippen LogP contribution in [-0.2, 0) is 14.8 Å². The Morgan fingerprint density at radius 3 is 2.59 bits per heavy atom. The van der Waals surface area contributed by atoms with Gasteiger partial charge in [-0.3, -0.25) is 9.10 Å². The Labute approximate surface area is 186 Å². The maximum absolute atomic E-state index is 14.0. The lowest BCUT2D eigenvalue weighted by atomic mass is 9.95. The monoisotopic (exact) mass is 460 g/mol. The average Bonchev–Trinajstić information content (AvgIpc) is 3.40. The van der Waals surface area contributed by atoms with Crippen molar-refractivity contribution in [3.63, 3.8) is 0 Å². The van der Waals surface area contributed by atoms with Gasteiger partial charge in [0.2, 0.25) is 5.91 Å². The fourth-order valence-electron chi connectivity index (χ4n) is 5.06. The van der Waals surface area contributed by atoms with Crippen molar-refractivity contribution >= 4 is 21.6 Å². The molecule has 3 unspecified atom stereocenters. The van der Waals surface area contributed by atoms with E-state index in [2.05, 4.69) is 5.32 Å². The standard InChI is InChI=1S/C23H25FN2O5S/c24-17-2-1-3-18(12-17)26(14-23(27)25-20-11-15-4-5-16(20)10-15)32(28,29)19-6-7-21-22(13-19)31-9-8-30-21/h1-3,6-7,12-13,15-16,20H,4-5,8-11,14H2,(H,25,27). The number of benzene rings is 2. The van der Waals surface area contributed by atoms with Gasteiger partial charge in [0, 0.05) is 12.1 Å². The largest absolute Gasteiger partial charge is 0.486 e. The topological polar surface area (TPSA) is 84.9 Å². The minimum atomic E-state index is -4.17. The van der Waals surface area contributed by atoms with Crippen molar-refractivity contribution in [2.75, 3.05) is 24.1 Å². The lowest BCUT2D eigenvalue weighted by Crippen LogP contribution is -2.46. The van der Waals surface area contributed by atoms with Crippen molar-refractivity contribution in [3.05, 3.63) is 48.3 Å². The zero-order valence-electron chi connectivity index (χ0n) is 17.5. The number of nitrogens with zero attached hydrogens (tertiary/aromatic N) is 1. The molecular weight excluding hydrogens is 435 g/mol. The predicted molar refractivity (Wildman–Crippen MR) is 116 cm³/mol. The third-order valence-corrected chi connectivity index (χ3v) is 8.34. The van der Waals surface area contributed by atoms with Gasteiger partial charge >= 0.3 is 0 Å². The van der Waals surface area contributed by atoms with E-state index in [1.807, 2.05) is 0 Å². The van der Waals surface area contributed by atoms with Crippen LogP contribution in [0.15, 0.2) is 47.4 Å². The van der Waals surface area contributed by atoms with Crippen LogP contribution >= 0.6 is 0 Å². The molecule has 1 N–H and O–H groups in total. The molecule has 5 rings (SSSR count). The van der Waals surface area contributed by atoms with Crippen LogP contribution in [0.2, 0.25) is 0 Å². The molecule has 2 fully saturated rings. The summed E-state index contributed by atoms with van der Waals surface area (Å²) in [5.41, 5.74) is 0.0861. The van der Waals surface area contributed by atoms with Gasteiger partial charge in [-0.2, -0.15) is 0 Å². The Hall–Kier alpha value is -2.81. The highest BCUT2D eigenvalue weighted by atomic mass is 32.2. The van der Waals surface area contributed by atoms with Crippen LogP contribution in [0.4, 0.5) is 10.1 Å². The number of amides is 1. The van der Waals surface area contributed by atoms with E-state index >= 15 is 0 Å². The molecule has 1 amide bonds. The van der Waals surface area contributed by atoms with Crippen molar-refractivity contribution in [2.24, 2.45) is 11.8 Å². The Morgan fingerprint density at radius 1 is 1.06 bits per heavy atom. The Kier molecular flexibility index (Phi) is 5.44. The molecular formula is C23H25FN2O5S.